The van der Waals surface area contributed by atoms with Crippen LogP contribution in [0.15, 0.2) is 69.8 Å². The van der Waals surface area contributed by atoms with Crippen LogP contribution in [-0.2, 0) is 11.3 Å². The van der Waals surface area contributed by atoms with E-state index in [0.29, 0.717) is 32.3 Å². The standard InChI is InChI=1S/C20H13BrClFN4O2/c21-13-10-12(7-8-15(13)23)19-25-20(29-26-19)17-6-3-9-27(17)11-18(28)24-16-5-2-1-4-14(16)22/h1-10H,11H2,(H,24,28). The number of anilines is 1. The van der Waals surface area contributed by atoms with Gasteiger partial charge in [-0.3, -0.25) is 4.79 Å². The lowest BCUT2D eigenvalue weighted by atomic mass is 10.2. The van der Waals surface area contributed by atoms with Gasteiger partial charge in [0, 0.05) is 11.8 Å². The predicted octanol–water partition coefficient (Wildman–Crippen LogP) is 5.40. The summed E-state index contributed by atoms with van der Waals surface area (Å²) < 4.78 is 20.8. The minimum Gasteiger partial charge on any atom is -0.334 e. The van der Waals surface area contributed by atoms with Crippen LogP contribution in [0.25, 0.3) is 23.0 Å². The molecule has 1 N–H and O–H groups in total. The van der Waals surface area contributed by atoms with Crippen molar-refractivity contribution in [2.24, 2.45) is 0 Å². The Kier molecular flexibility index (Phi) is 5.46. The summed E-state index contributed by atoms with van der Waals surface area (Å²) in [7, 11) is 0. The monoisotopic (exact) mass is 474 g/mol. The zero-order valence-corrected chi connectivity index (χ0v) is 17.1. The van der Waals surface area contributed by atoms with Crippen molar-refractivity contribution in [1.29, 1.82) is 0 Å². The van der Waals surface area contributed by atoms with E-state index < -0.39 is 0 Å². The van der Waals surface area contributed by atoms with Crippen molar-refractivity contribution in [3.63, 3.8) is 0 Å². The van der Waals surface area contributed by atoms with Gasteiger partial charge in [-0.05, 0) is 58.4 Å². The first-order valence-corrected chi connectivity index (χ1v) is 9.67. The van der Waals surface area contributed by atoms with Gasteiger partial charge in [-0.2, -0.15) is 4.98 Å². The molecule has 2 heterocycles. The second kappa shape index (κ2) is 8.18. The van der Waals surface area contributed by atoms with E-state index in [1.807, 2.05) is 0 Å². The van der Waals surface area contributed by atoms with Gasteiger partial charge in [0.15, 0.2) is 0 Å². The SMILES string of the molecule is O=C(Cn1cccc1-c1nc(-c2ccc(F)c(Br)c2)no1)Nc1ccccc1Cl. The quantitative estimate of drug-likeness (QED) is 0.419. The highest BCUT2D eigenvalue weighted by atomic mass is 79.9. The molecular formula is C20H13BrClFN4O2. The summed E-state index contributed by atoms with van der Waals surface area (Å²) in [5, 5.41) is 7.18. The highest BCUT2D eigenvalue weighted by Gasteiger charge is 2.16. The van der Waals surface area contributed by atoms with Crippen molar-refractivity contribution < 1.29 is 13.7 Å². The van der Waals surface area contributed by atoms with Crippen LogP contribution in [0.2, 0.25) is 5.02 Å². The molecule has 0 aliphatic heterocycles. The summed E-state index contributed by atoms with van der Waals surface area (Å²) in [4.78, 5) is 16.8. The Hall–Kier alpha value is -2.97. The van der Waals surface area contributed by atoms with Crippen molar-refractivity contribution >= 4 is 39.1 Å². The van der Waals surface area contributed by atoms with Crippen LogP contribution >= 0.6 is 27.5 Å². The molecule has 6 nitrogen and oxygen atoms in total. The molecule has 2 aromatic heterocycles. The summed E-state index contributed by atoms with van der Waals surface area (Å²) in [5.74, 6) is -0.0707. The van der Waals surface area contributed by atoms with E-state index in [0.717, 1.165) is 0 Å². The molecule has 29 heavy (non-hydrogen) atoms. The Morgan fingerprint density at radius 1 is 1.21 bits per heavy atom. The van der Waals surface area contributed by atoms with Crippen LogP contribution < -0.4 is 5.32 Å². The van der Waals surface area contributed by atoms with Crippen molar-refractivity contribution in [3.8, 4) is 23.0 Å². The van der Waals surface area contributed by atoms with Gasteiger partial charge in [0.05, 0.1) is 15.2 Å². The molecule has 0 bridgehead atoms. The van der Waals surface area contributed by atoms with Crippen LogP contribution in [0.3, 0.4) is 0 Å². The van der Waals surface area contributed by atoms with Crippen molar-refractivity contribution in [1.82, 2.24) is 14.7 Å². The Morgan fingerprint density at radius 2 is 2.03 bits per heavy atom. The Labute approximate surface area is 178 Å². The van der Waals surface area contributed by atoms with Crippen molar-refractivity contribution in [2.45, 2.75) is 6.54 Å². The molecule has 9 heteroatoms. The molecule has 0 unspecified atom stereocenters. The Morgan fingerprint density at radius 3 is 2.83 bits per heavy atom. The first-order valence-electron chi connectivity index (χ1n) is 8.50. The normalized spacial score (nSPS) is 10.9. The fourth-order valence-corrected chi connectivity index (χ4v) is 3.29. The lowest BCUT2D eigenvalue weighted by Crippen LogP contribution is -2.19. The number of nitrogens with one attached hydrogen (secondary N) is 1. The molecule has 0 atom stereocenters. The number of carbonyl (C=O) groups excluding carboxylic acids is 1. The number of para-hydroxylation sites is 1. The van der Waals surface area contributed by atoms with Crippen molar-refractivity contribution in [3.05, 3.63) is 76.1 Å². The van der Waals surface area contributed by atoms with Crippen LogP contribution in [0.4, 0.5) is 10.1 Å². The molecule has 0 fully saturated rings. The van der Waals surface area contributed by atoms with E-state index in [-0.39, 0.29) is 24.2 Å². The fourth-order valence-electron chi connectivity index (χ4n) is 2.73. The number of hydrogen-bond donors (Lipinski definition) is 1. The molecule has 2 aromatic carbocycles. The molecule has 1 amide bonds. The van der Waals surface area contributed by atoms with Crippen molar-refractivity contribution in [2.75, 3.05) is 5.32 Å². The molecule has 0 saturated carbocycles. The maximum Gasteiger partial charge on any atom is 0.274 e. The van der Waals surface area contributed by atoms with Crippen LogP contribution in [0.5, 0.6) is 0 Å². The Balaban J connectivity index is 1.54. The number of hydrogen-bond acceptors (Lipinski definition) is 4. The third-order valence-electron chi connectivity index (χ3n) is 4.11. The molecule has 4 aromatic rings. The van der Waals surface area contributed by atoms with E-state index in [1.165, 1.54) is 6.07 Å². The van der Waals surface area contributed by atoms with Gasteiger partial charge in [0.2, 0.25) is 11.7 Å². The number of nitrogens with zero attached hydrogens (tertiary/aromatic N) is 3. The summed E-state index contributed by atoms with van der Waals surface area (Å²) in [6.07, 6.45) is 1.74. The lowest BCUT2D eigenvalue weighted by Gasteiger charge is -2.09. The molecule has 0 saturated heterocycles. The van der Waals surface area contributed by atoms with E-state index in [9.17, 15) is 9.18 Å². The molecule has 4 rings (SSSR count). The molecule has 0 aliphatic carbocycles. The van der Waals surface area contributed by atoms with E-state index in [1.54, 1.807) is 59.3 Å². The first-order chi connectivity index (χ1) is 14.0. The molecule has 0 aliphatic rings. The summed E-state index contributed by atoms with van der Waals surface area (Å²) >= 11 is 9.22. The smallest absolute Gasteiger partial charge is 0.274 e. The molecule has 0 spiro atoms. The minimum absolute atomic E-state index is 0.0351. The number of carbonyl (C=O) groups is 1. The van der Waals surface area contributed by atoms with Gasteiger partial charge in [-0.25, -0.2) is 4.39 Å². The van der Waals surface area contributed by atoms with Gasteiger partial charge in [0.1, 0.15) is 18.1 Å². The largest absolute Gasteiger partial charge is 0.334 e. The molecule has 146 valence electrons. The van der Waals surface area contributed by atoms with Crippen LogP contribution in [0, 0.1) is 5.82 Å². The summed E-state index contributed by atoms with van der Waals surface area (Å²) in [6.45, 7) is 0.0351. The molecular weight excluding hydrogens is 463 g/mol. The number of aromatic nitrogens is 3. The predicted molar refractivity (Wildman–Crippen MR) is 111 cm³/mol. The van der Waals surface area contributed by atoms with E-state index in [4.69, 9.17) is 16.1 Å². The van der Waals surface area contributed by atoms with Gasteiger partial charge in [0.25, 0.3) is 5.89 Å². The summed E-state index contributed by atoms with van der Waals surface area (Å²) in [5.41, 5.74) is 1.72. The van der Waals surface area contributed by atoms with Gasteiger partial charge in [-0.15, -0.1) is 0 Å². The number of amides is 1. The summed E-state index contributed by atoms with van der Waals surface area (Å²) in [6, 6.07) is 15.0. The lowest BCUT2D eigenvalue weighted by molar-refractivity contribution is -0.116. The average molecular weight is 476 g/mol. The number of rotatable bonds is 5. The number of halogens is 3. The second-order valence-electron chi connectivity index (χ2n) is 6.10. The van der Waals surface area contributed by atoms with Gasteiger partial charge in [-0.1, -0.05) is 28.9 Å². The first kappa shape index (κ1) is 19.4. The Bertz CT molecular complexity index is 1190. The minimum atomic E-state index is -0.379. The number of benzene rings is 2. The second-order valence-corrected chi connectivity index (χ2v) is 7.36. The van der Waals surface area contributed by atoms with Gasteiger partial charge >= 0.3 is 0 Å². The average Bonchev–Trinajstić information content (AvgIpc) is 3.35. The maximum atomic E-state index is 13.4. The zero-order chi connectivity index (χ0) is 20.4. The maximum absolute atomic E-state index is 13.4. The topological polar surface area (TPSA) is 73.0 Å². The highest BCUT2D eigenvalue weighted by molar-refractivity contribution is 9.10. The molecule has 0 radical (unpaired) electrons. The zero-order valence-electron chi connectivity index (χ0n) is 14.8. The third-order valence-corrected chi connectivity index (χ3v) is 5.05. The highest BCUT2D eigenvalue weighted by Crippen LogP contribution is 2.26. The van der Waals surface area contributed by atoms with E-state index in [2.05, 4.69) is 31.4 Å². The fraction of sp³-hybridized carbons (Fsp3) is 0.0500. The van der Waals surface area contributed by atoms with Crippen LogP contribution in [-0.4, -0.2) is 20.6 Å². The van der Waals surface area contributed by atoms with Gasteiger partial charge < -0.3 is 14.4 Å². The van der Waals surface area contributed by atoms with Crippen LogP contribution in [0.1, 0.15) is 0 Å². The van der Waals surface area contributed by atoms with E-state index >= 15 is 0 Å². The third kappa shape index (κ3) is 4.23.